The van der Waals surface area contributed by atoms with Gasteiger partial charge in [0.1, 0.15) is 0 Å². The van der Waals surface area contributed by atoms with Crippen LogP contribution in [0.25, 0.3) is 11.6 Å². The highest BCUT2D eigenvalue weighted by molar-refractivity contribution is 5.71. The predicted molar refractivity (Wildman–Crippen MR) is 71.4 cm³/mol. The van der Waals surface area contributed by atoms with Gasteiger partial charge in [-0.25, -0.2) is 0 Å². The molecular formula is C15H18N2. The molecule has 1 aliphatic heterocycles. The Morgan fingerprint density at radius 1 is 1.41 bits per heavy atom. The van der Waals surface area contributed by atoms with Crippen LogP contribution in [0.1, 0.15) is 24.0 Å². The van der Waals surface area contributed by atoms with Gasteiger partial charge in [-0.15, -0.1) is 0 Å². The zero-order valence-electron chi connectivity index (χ0n) is 10.0. The zero-order valence-corrected chi connectivity index (χ0v) is 10.0. The number of allylic oxidation sites excluding steroid dienone is 1. The molecule has 2 aliphatic rings. The third-order valence-electron chi connectivity index (χ3n) is 3.99. The van der Waals surface area contributed by atoms with Crippen molar-refractivity contribution in [2.45, 2.75) is 12.8 Å². The van der Waals surface area contributed by atoms with E-state index >= 15 is 0 Å². The molecule has 2 unspecified atom stereocenters. The van der Waals surface area contributed by atoms with Crippen LogP contribution in [0, 0.1) is 11.8 Å². The maximum atomic E-state index is 4.31. The minimum Gasteiger partial charge on any atom is -0.316 e. The molecule has 2 atom stereocenters. The summed E-state index contributed by atoms with van der Waals surface area (Å²) in [5.74, 6) is 1.53. The third kappa shape index (κ3) is 1.93. The first kappa shape index (κ1) is 10.7. The van der Waals surface area contributed by atoms with E-state index in [0.29, 0.717) is 5.92 Å². The summed E-state index contributed by atoms with van der Waals surface area (Å²) in [6.45, 7) is 6.10. The van der Waals surface area contributed by atoms with Gasteiger partial charge >= 0.3 is 0 Å². The average Bonchev–Trinajstić information content (AvgIpc) is 2.82. The molecule has 0 spiro atoms. The average molecular weight is 226 g/mol. The molecule has 3 rings (SSSR count). The number of rotatable bonds is 2. The lowest BCUT2D eigenvalue weighted by Crippen LogP contribution is -2.34. The quantitative estimate of drug-likeness (QED) is 0.838. The van der Waals surface area contributed by atoms with Crippen molar-refractivity contribution in [2.75, 3.05) is 13.1 Å². The van der Waals surface area contributed by atoms with E-state index in [4.69, 9.17) is 0 Å². The Labute approximate surface area is 102 Å². The lowest BCUT2D eigenvalue weighted by molar-refractivity contribution is 0.328. The van der Waals surface area contributed by atoms with Gasteiger partial charge in [-0.2, -0.15) is 0 Å². The number of hydrogen-bond donors (Lipinski definition) is 1. The summed E-state index contributed by atoms with van der Waals surface area (Å²) in [6.07, 6.45) is 10.7. The van der Waals surface area contributed by atoms with Gasteiger partial charge in [0.2, 0.25) is 0 Å². The Hall–Kier alpha value is -1.41. The number of nitrogens with one attached hydrogen (secondary N) is 1. The van der Waals surface area contributed by atoms with Crippen molar-refractivity contribution in [2.24, 2.45) is 11.8 Å². The minimum atomic E-state index is 0.686. The molecule has 2 heteroatoms. The van der Waals surface area contributed by atoms with Crippen molar-refractivity contribution in [3.8, 4) is 0 Å². The van der Waals surface area contributed by atoms with Crippen molar-refractivity contribution in [3.05, 3.63) is 42.2 Å². The summed E-state index contributed by atoms with van der Waals surface area (Å²) < 4.78 is 0. The first-order chi connectivity index (χ1) is 8.38. The fourth-order valence-corrected chi connectivity index (χ4v) is 3.05. The summed E-state index contributed by atoms with van der Waals surface area (Å²) in [4.78, 5) is 4.31. The van der Waals surface area contributed by atoms with Gasteiger partial charge in [0.15, 0.2) is 0 Å². The van der Waals surface area contributed by atoms with Crippen LogP contribution >= 0.6 is 0 Å². The predicted octanol–water partition coefficient (Wildman–Crippen LogP) is 2.74. The first-order valence-corrected chi connectivity index (χ1v) is 6.37. The molecule has 0 bridgehead atoms. The molecule has 1 aliphatic carbocycles. The molecule has 0 amide bonds. The molecule has 17 heavy (non-hydrogen) atoms. The molecule has 1 aromatic heterocycles. The maximum Gasteiger partial charge on any atom is 0.0343 e. The van der Waals surface area contributed by atoms with E-state index in [1.165, 1.54) is 30.5 Å². The second-order valence-corrected chi connectivity index (χ2v) is 4.97. The van der Waals surface area contributed by atoms with Crippen LogP contribution in [0.15, 0.2) is 31.1 Å². The van der Waals surface area contributed by atoms with Crippen LogP contribution in [0.5, 0.6) is 0 Å². The molecule has 2 heterocycles. The Bertz CT molecular complexity index is 462. The summed E-state index contributed by atoms with van der Waals surface area (Å²) in [5.41, 5.74) is 3.87. The fraction of sp³-hybridized carbons (Fsp3) is 0.400. The van der Waals surface area contributed by atoms with Gasteiger partial charge in [0, 0.05) is 18.9 Å². The molecule has 1 fully saturated rings. The smallest absolute Gasteiger partial charge is 0.0343 e. The molecule has 1 N–H and O–H groups in total. The minimum absolute atomic E-state index is 0.686. The van der Waals surface area contributed by atoms with Crippen molar-refractivity contribution >= 4 is 11.6 Å². The van der Waals surface area contributed by atoms with E-state index in [2.05, 4.69) is 29.0 Å². The van der Waals surface area contributed by atoms with Gasteiger partial charge in [-0.3, -0.25) is 4.98 Å². The first-order valence-electron chi connectivity index (χ1n) is 6.37. The van der Waals surface area contributed by atoms with Crippen LogP contribution < -0.4 is 5.32 Å². The summed E-state index contributed by atoms with van der Waals surface area (Å²) in [5, 5.41) is 3.50. The van der Waals surface area contributed by atoms with Crippen molar-refractivity contribution in [1.82, 2.24) is 10.3 Å². The van der Waals surface area contributed by atoms with Crippen LogP contribution in [-0.4, -0.2) is 18.1 Å². The van der Waals surface area contributed by atoms with E-state index in [1.54, 1.807) is 0 Å². The Kier molecular flexibility index (Phi) is 2.81. The SMILES string of the molecule is C=Cc1cncc(C2=CCC3CCNCC23)c1. The van der Waals surface area contributed by atoms with Gasteiger partial charge in [0.05, 0.1) is 0 Å². The van der Waals surface area contributed by atoms with Crippen LogP contribution in [0.2, 0.25) is 0 Å². The normalized spacial score (nSPS) is 27.4. The highest BCUT2D eigenvalue weighted by Gasteiger charge is 2.32. The Balaban J connectivity index is 1.90. The highest BCUT2D eigenvalue weighted by Crippen LogP contribution is 2.40. The van der Waals surface area contributed by atoms with Crippen LogP contribution in [0.3, 0.4) is 0 Å². The lowest BCUT2D eigenvalue weighted by atomic mass is 9.84. The Morgan fingerprint density at radius 3 is 3.24 bits per heavy atom. The van der Waals surface area contributed by atoms with Gasteiger partial charge in [0.25, 0.3) is 0 Å². The van der Waals surface area contributed by atoms with Crippen LogP contribution in [-0.2, 0) is 0 Å². The van der Waals surface area contributed by atoms with E-state index in [1.807, 2.05) is 18.5 Å². The van der Waals surface area contributed by atoms with Gasteiger partial charge < -0.3 is 5.32 Å². The number of piperidine rings is 1. The number of hydrogen-bond acceptors (Lipinski definition) is 2. The largest absolute Gasteiger partial charge is 0.316 e. The van der Waals surface area contributed by atoms with E-state index in [-0.39, 0.29) is 0 Å². The molecule has 0 radical (unpaired) electrons. The van der Waals surface area contributed by atoms with E-state index in [0.717, 1.165) is 18.0 Å². The van der Waals surface area contributed by atoms with Crippen molar-refractivity contribution in [1.29, 1.82) is 0 Å². The second kappa shape index (κ2) is 4.46. The summed E-state index contributed by atoms with van der Waals surface area (Å²) >= 11 is 0. The highest BCUT2D eigenvalue weighted by atomic mass is 14.9. The molecule has 0 aromatic carbocycles. The fourth-order valence-electron chi connectivity index (χ4n) is 3.05. The van der Waals surface area contributed by atoms with E-state index < -0.39 is 0 Å². The molecule has 88 valence electrons. The van der Waals surface area contributed by atoms with Gasteiger partial charge in [-0.1, -0.05) is 18.7 Å². The monoisotopic (exact) mass is 226 g/mol. The zero-order chi connectivity index (χ0) is 11.7. The Morgan fingerprint density at radius 2 is 2.35 bits per heavy atom. The standard InChI is InChI=1S/C15H18N2/c1-2-11-7-13(9-17-8-11)14-4-3-12-5-6-16-10-15(12)14/h2,4,7-9,12,15-16H,1,3,5-6,10H2. The molecule has 1 aromatic rings. The van der Waals surface area contributed by atoms with Crippen molar-refractivity contribution in [3.63, 3.8) is 0 Å². The third-order valence-corrected chi connectivity index (χ3v) is 3.99. The number of fused-ring (bicyclic) bond motifs is 1. The number of aromatic nitrogens is 1. The number of pyridine rings is 1. The van der Waals surface area contributed by atoms with E-state index in [9.17, 15) is 0 Å². The lowest BCUT2D eigenvalue weighted by Gasteiger charge is -2.28. The van der Waals surface area contributed by atoms with Gasteiger partial charge in [-0.05, 0) is 54.0 Å². The molecule has 2 nitrogen and oxygen atoms in total. The van der Waals surface area contributed by atoms with Crippen LogP contribution in [0.4, 0.5) is 0 Å². The summed E-state index contributed by atoms with van der Waals surface area (Å²) in [6, 6.07) is 2.20. The number of nitrogens with zero attached hydrogens (tertiary/aromatic N) is 1. The van der Waals surface area contributed by atoms with Crippen molar-refractivity contribution < 1.29 is 0 Å². The molecular weight excluding hydrogens is 208 g/mol. The molecule has 0 saturated carbocycles. The maximum absolute atomic E-state index is 4.31. The molecule has 1 saturated heterocycles. The summed E-state index contributed by atoms with van der Waals surface area (Å²) in [7, 11) is 0. The second-order valence-electron chi connectivity index (χ2n) is 4.97. The topological polar surface area (TPSA) is 24.9 Å².